The molecule has 0 fully saturated rings. The predicted molar refractivity (Wildman–Crippen MR) is 86.4 cm³/mol. The fraction of sp³-hybridized carbons (Fsp3) is 0.118. The van der Waals surface area contributed by atoms with Crippen molar-refractivity contribution in [2.24, 2.45) is 7.05 Å². The van der Waals surface area contributed by atoms with Gasteiger partial charge >= 0.3 is 5.97 Å². The van der Waals surface area contributed by atoms with Crippen molar-refractivity contribution < 1.29 is 14.7 Å². The van der Waals surface area contributed by atoms with E-state index in [-0.39, 0.29) is 17.9 Å². The van der Waals surface area contributed by atoms with Crippen LogP contribution in [0.2, 0.25) is 0 Å². The van der Waals surface area contributed by atoms with Gasteiger partial charge in [0.05, 0.1) is 29.3 Å². The SMILES string of the molecule is Cn1cnc2cc(NC(=O)Cc3ccccc3)cc(C(=O)O)c21. The summed E-state index contributed by atoms with van der Waals surface area (Å²) in [4.78, 5) is 27.7. The highest BCUT2D eigenvalue weighted by atomic mass is 16.4. The maximum atomic E-state index is 12.1. The van der Waals surface area contributed by atoms with Gasteiger partial charge in [0.25, 0.3) is 0 Å². The monoisotopic (exact) mass is 309 g/mol. The summed E-state index contributed by atoms with van der Waals surface area (Å²) < 4.78 is 1.65. The number of carbonyl (C=O) groups is 2. The van der Waals surface area contributed by atoms with Gasteiger partial charge < -0.3 is 15.0 Å². The highest BCUT2D eigenvalue weighted by molar-refractivity contribution is 6.04. The summed E-state index contributed by atoms with van der Waals surface area (Å²) in [5.74, 6) is -1.26. The van der Waals surface area contributed by atoms with Crippen LogP contribution in [0.4, 0.5) is 5.69 Å². The lowest BCUT2D eigenvalue weighted by atomic mass is 10.1. The molecule has 0 aliphatic carbocycles. The molecule has 0 unspecified atom stereocenters. The number of imidazole rings is 1. The molecule has 3 aromatic rings. The van der Waals surface area contributed by atoms with E-state index in [1.165, 1.54) is 6.07 Å². The van der Waals surface area contributed by atoms with E-state index < -0.39 is 5.97 Å². The Morgan fingerprint density at radius 3 is 2.65 bits per heavy atom. The Hall–Kier alpha value is -3.15. The van der Waals surface area contributed by atoms with Crippen LogP contribution in [-0.2, 0) is 18.3 Å². The molecule has 0 atom stereocenters. The fourth-order valence-corrected chi connectivity index (χ4v) is 2.52. The average Bonchev–Trinajstić information content (AvgIpc) is 2.88. The third kappa shape index (κ3) is 3.06. The first-order chi connectivity index (χ1) is 11.0. The van der Waals surface area contributed by atoms with Crippen molar-refractivity contribution in [2.75, 3.05) is 5.32 Å². The minimum absolute atomic E-state index is 0.109. The lowest BCUT2D eigenvalue weighted by molar-refractivity contribution is -0.115. The van der Waals surface area contributed by atoms with Crippen molar-refractivity contribution in [1.82, 2.24) is 9.55 Å². The van der Waals surface area contributed by atoms with Crippen LogP contribution < -0.4 is 5.32 Å². The van der Waals surface area contributed by atoms with E-state index in [2.05, 4.69) is 10.3 Å². The Morgan fingerprint density at radius 1 is 1.22 bits per heavy atom. The highest BCUT2D eigenvalue weighted by Gasteiger charge is 2.15. The van der Waals surface area contributed by atoms with Crippen LogP contribution in [0.25, 0.3) is 11.0 Å². The molecule has 116 valence electrons. The molecule has 0 bridgehead atoms. The van der Waals surface area contributed by atoms with Crippen molar-refractivity contribution in [2.45, 2.75) is 6.42 Å². The maximum Gasteiger partial charge on any atom is 0.337 e. The molecule has 23 heavy (non-hydrogen) atoms. The number of nitrogens with zero attached hydrogens (tertiary/aromatic N) is 2. The molecule has 0 aliphatic heterocycles. The van der Waals surface area contributed by atoms with Crippen molar-refractivity contribution in [3.8, 4) is 0 Å². The quantitative estimate of drug-likeness (QED) is 0.775. The predicted octanol–water partition coefficient (Wildman–Crippen LogP) is 2.45. The number of aryl methyl sites for hydroxylation is 1. The number of carboxylic acid groups (broad SMARTS) is 1. The molecular formula is C17H15N3O3. The van der Waals surface area contributed by atoms with Gasteiger partial charge in [-0.05, 0) is 17.7 Å². The van der Waals surface area contributed by atoms with Gasteiger partial charge in [-0.2, -0.15) is 0 Å². The molecule has 1 amide bonds. The van der Waals surface area contributed by atoms with Crippen LogP contribution in [0.5, 0.6) is 0 Å². The number of aromatic nitrogens is 2. The number of carbonyl (C=O) groups excluding carboxylic acids is 1. The van der Waals surface area contributed by atoms with Gasteiger partial charge in [-0.15, -0.1) is 0 Å². The van der Waals surface area contributed by atoms with Crippen LogP contribution in [0.15, 0.2) is 48.8 Å². The Labute approximate surface area is 132 Å². The first-order valence-electron chi connectivity index (χ1n) is 7.07. The van der Waals surface area contributed by atoms with Gasteiger partial charge in [0, 0.05) is 12.7 Å². The van der Waals surface area contributed by atoms with Crippen molar-refractivity contribution in [3.05, 3.63) is 59.9 Å². The van der Waals surface area contributed by atoms with Crippen molar-refractivity contribution in [3.63, 3.8) is 0 Å². The van der Waals surface area contributed by atoms with E-state index in [1.807, 2.05) is 30.3 Å². The summed E-state index contributed by atoms with van der Waals surface area (Å²) in [6, 6.07) is 12.5. The first-order valence-corrected chi connectivity index (χ1v) is 7.07. The smallest absolute Gasteiger partial charge is 0.337 e. The molecule has 1 heterocycles. The highest BCUT2D eigenvalue weighted by Crippen LogP contribution is 2.23. The molecular weight excluding hydrogens is 294 g/mol. The summed E-state index contributed by atoms with van der Waals surface area (Å²) in [6.07, 6.45) is 1.77. The Kier molecular flexibility index (Phi) is 3.80. The number of hydrogen-bond donors (Lipinski definition) is 2. The molecule has 0 aliphatic rings. The summed E-state index contributed by atoms with van der Waals surface area (Å²) in [7, 11) is 1.73. The van der Waals surface area contributed by atoms with E-state index >= 15 is 0 Å². The van der Waals surface area contributed by atoms with Crippen LogP contribution in [-0.4, -0.2) is 26.5 Å². The van der Waals surface area contributed by atoms with Gasteiger partial charge in [0.15, 0.2) is 0 Å². The van der Waals surface area contributed by atoms with Crippen LogP contribution in [0.1, 0.15) is 15.9 Å². The lowest BCUT2D eigenvalue weighted by Gasteiger charge is -2.08. The molecule has 0 saturated carbocycles. The molecule has 1 aromatic heterocycles. The second kappa shape index (κ2) is 5.92. The number of fused-ring (bicyclic) bond motifs is 1. The zero-order valence-electron chi connectivity index (χ0n) is 12.5. The summed E-state index contributed by atoms with van der Waals surface area (Å²) in [5, 5.41) is 12.1. The third-order valence-electron chi connectivity index (χ3n) is 3.53. The maximum absolute atomic E-state index is 12.1. The number of nitrogens with one attached hydrogen (secondary N) is 1. The summed E-state index contributed by atoms with van der Waals surface area (Å²) in [5.41, 5.74) is 2.48. The van der Waals surface area contributed by atoms with Gasteiger partial charge in [0.1, 0.15) is 0 Å². The van der Waals surface area contributed by atoms with Gasteiger partial charge in [-0.25, -0.2) is 9.78 Å². The second-order valence-corrected chi connectivity index (χ2v) is 5.26. The number of carboxylic acids is 1. The standard InChI is InChI=1S/C17H15N3O3/c1-20-10-18-14-9-12(8-13(16(14)20)17(22)23)19-15(21)7-11-5-3-2-4-6-11/h2-6,8-10H,7H2,1H3,(H,19,21)(H,22,23). The van der Waals surface area contributed by atoms with Gasteiger partial charge in [0.2, 0.25) is 5.91 Å². The second-order valence-electron chi connectivity index (χ2n) is 5.26. The topological polar surface area (TPSA) is 84.2 Å². The molecule has 6 nitrogen and oxygen atoms in total. The van der Waals surface area contributed by atoms with Crippen LogP contribution in [0.3, 0.4) is 0 Å². The molecule has 0 spiro atoms. The molecule has 0 saturated heterocycles. The molecule has 6 heteroatoms. The molecule has 3 rings (SSSR count). The fourth-order valence-electron chi connectivity index (χ4n) is 2.52. The van der Waals surface area contributed by atoms with E-state index in [1.54, 1.807) is 24.0 Å². The largest absolute Gasteiger partial charge is 0.478 e. The number of aromatic carboxylic acids is 1. The van der Waals surface area contributed by atoms with Crippen LogP contribution >= 0.6 is 0 Å². The molecule has 0 radical (unpaired) electrons. The Balaban J connectivity index is 1.88. The van der Waals surface area contributed by atoms with Crippen LogP contribution in [0, 0.1) is 0 Å². The van der Waals surface area contributed by atoms with Crippen molar-refractivity contribution in [1.29, 1.82) is 0 Å². The minimum Gasteiger partial charge on any atom is -0.478 e. The first kappa shape index (κ1) is 14.8. The number of anilines is 1. The summed E-state index contributed by atoms with van der Waals surface area (Å²) >= 11 is 0. The van der Waals surface area contributed by atoms with E-state index in [9.17, 15) is 14.7 Å². The molecule has 2 N–H and O–H groups in total. The average molecular weight is 309 g/mol. The van der Waals surface area contributed by atoms with E-state index in [0.717, 1.165) is 5.56 Å². The summed E-state index contributed by atoms with van der Waals surface area (Å²) in [6.45, 7) is 0. The van der Waals surface area contributed by atoms with E-state index in [0.29, 0.717) is 16.7 Å². The normalized spacial score (nSPS) is 10.7. The minimum atomic E-state index is -1.06. The zero-order valence-corrected chi connectivity index (χ0v) is 12.5. The molecule has 2 aromatic carbocycles. The Bertz CT molecular complexity index is 885. The Morgan fingerprint density at radius 2 is 1.96 bits per heavy atom. The number of benzene rings is 2. The van der Waals surface area contributed by atoms with Gasteiger partial charge in [-0.1, -0.05) is 30.3 Å². The lowest BCUT2D eigenvalue weighted by Crippen LogP contribution is -2.15. The van der Waals surface area contributed by atoms with Crippen molar-refractivity contribution >= 4 is 28.6 Å². The number of hydrogen-bond acceptors (Lipinski definition) is 3. The van der Waals surface area contributed by atoms with E-state index in [4.69, 9.17) is 0 Å². The number of rotatable bonds is 4. The third-order valence-corrected chi connectivity index (χ3v) is 3.53. The number of amides is 1. The van der Waals surface area contributed by atoms with Gasteiger partial charge in [-0.3, -0.25) is 4.79 Å². The zero-order chi connectivity index (χ0) is 16.4.